The molecule has 1 amide bonds. The average Bonchev–Trinajstić information content (AvgIpc) is 3.51. The molecule has 39 heavy (non-hydrogen) atoms. The van der Waals surface area contributed by atoms with Crippen molar-refractivity contribution < 1.29 is 22.5 Å². The number of amides is 1. The zero-order chi connectivity index (χ0) is 27.9. The summed E-state index contributed by atoms with van der Waals surface area (Å²) in [6.45, 7) is 1.65. The summed E-state index contributed by atoms with van der Waals surface area (Å²) in [5, 5.41) is 7.08. The number of anilines is 1. The molecule has 0 spiro atoms. The van der Waals surface area contributed by atoms with E-state index in [0.717, 1.165) is 5.56 Å². The van der Waals surface area contributed by atoms with Crippen LogP contribution in [-0.2, 0) is 27.7 Å². The Hall–Kier alpha value is -2.82. The van der Waals surface area contributed by atoms with Crippen LogP contribution >= 0.6 is 34.8 Å². The summed E-state index contributed by atoms with van der Waals surface area (Å²) in [5.74, 6) is -0.222. The zero-order valence-electron chi connectivity index (χ0n) is 20.4. The number of carbonyl (C=O) groups excluding carboxylic acids is 1. The Morgan fingerprint density at radius 1 is 1.10 bits per heavy atom. The number of benzene rings is 3. The summed E-state index contributed by atoms with van der Waals surface area (Å²) in [6, 6.07) is 14.4. The van der Waals surface area contributed by atoms with Gasteiger partial charge in [0.2, 0.25) is 5.91 Å². The molecule has 3 aromatic carbocycles. The predicted octanol–water partition coefficient (Wildman–Crippen LogP) is 7.38. The second-order valence-electron chi connectivity index (χ2n) is 9.33. The third kappa shape index (κ3) is 5.73. The van der Waals surface area contributed by atoms with E-state index in [2.05, 4.69) is 15.5 Å². The normalized spacial score (nSPS) is 15.5. The van der Waals surface area contributed by atoms with Crippen molar-refractivity contribution >= 4 is 57.5 Å². The molecule has 4 aromatic rings. The van der Waals surface area contributed by atoms with Crippen LogP contribution in [0.3, 0.4) is 0 Å². The maximum absolute atomic E-state index is 13.5. The quantitative estimate of drug-likeness (QED) is 0.202. The fourth-order valence-electron chi connectivity index (χ4n) is 4.39. The summed E-state index contributed by atoms with van der Waals surface area (Å²) >= 11 is 17.2. The molecule has 1 fully saturated rings. The minimum absolute atomic E-state index is 0.0527. The van der Waals surface area contributed by atoms with Gasteiger partial charge in [-0.25, -0.2) is 8.60 Å². The minimum atomic E-state index is -1.97. The Morgan fingerprint density at radius 3 is 2.36 bits per heavy atom. The van der Waals surface area contributed by atoms with Gasteiger partial charge in [-0.15, -0.1) is 0 Å². The largest absolute Gasteiger partial charge is 0.334 e. The first kappa shape index (κ1) is 27.7. The van der Waals surface area contributed by atoms with E-state index in [4.69, 9.17) is 39.3 Å². The third-order valence-electron chi connectivity index (χ3n) is 6.69. The fourth-order valence-corrected chi connectivity index (χ4v) is 5.81. The van der Waals surface area contributed by atoms with Crippen molar-refractivity contribution in [3.63, 3.8) is 0 Å². The third-order valence-corrected chi connectivity index (χ3v) is 8.45. The van der Waals surface area contributed by atoms with Gasteiger partial charge in [-0.05, 0) is 61.2 Å². The summed E-state index contributed by atoms with van der Waals surface area (Å²) in [6.07, 6.45) is 1.48. The van der Waals surface area contributed by atoms with E-state index in [1.807, 2.05) is 0 Å². The molecule has 1 aromatic heterocycles. The Morgan fingerprint density at radius 2 is 1.77 bits per heavy atom. The molecule has 2 N–H and O–H groups in total. The van der Waals surface area contributed by atoms with Crippen LogP contribution in [0, 0.1) is 5.82 Å². The van der Waals surface area contributed by atoms with Gasteiger partial charge >= 0.3 is 0 Å². The van der Waals surface area contributed by atoms with Crippen molar-refractivity contribution in [2.75, 3.05) is 5.32 Å². The molecule has 0 radical (unpaired) electrons. The smallest absolute Gasteiger partial charge is 0.258 e. The SMILES string of the molecule is CC(c1ccc(CC(=O)Nc2cc(Cl)c(C3(c4noc(-c5ccc(F)c(Cl)c5)n4)CC3)c(Cl)c2)cc1)S(=O)O. The van der Waals surface area contributed by atoms with Crippen molar-refractivity contribution in [2.45, 2.75) is 36.9 Å². The van der Waals surface area contributed by atoms with Crippen LogP contribution in [0.1, 0.15) is 47.5 Å². The zero-order valence-corrected chi connectivity index (χ0v) is 23.5. The molecule has 0 aliphatic heterocycles. The molecule has 1 saturated carbocycles. The highest BCUT2D eigenvalue weighted by molar-refractivity contribution is 7.79. The summed E-state index contributed by atoms with van der Waals surface area (Å²) in [5.41, 5.74) is 2.37. The van der Waals surface area contributed by atoms with Crippen LogP contribution in [0.4, 0.5) is 10.1 Å². The Bertz CT molecular complexity index is 1570. The van der Waals surface area contributed by atoms with Gasteiger partial charge in [0.25, 0.3) is 5.89 Å². The standard InChI is InChI=1S/C27H21Cl3FN3O4S/c1-14(39(36)37)16-4-2-15(3-5-16)10-23(35)32-18-12-20(29)24(21(30)13-18)27(8-9-27)26-33-25(38-34-26)17-6-7-22(31)19(28)11-17/h2-7,11-14H,8-10H2,1H3,(H,32,35)(H,36,37). The van der Waals surface area contributed by atoms with Crippen LogP contribution in [0.5, 0.6) is 0 Å². The maximum Gasteiger partial charge on any atom is 0.258 e. The van der Waals surface area contributed by atoms with Gasteiger partial charge in [0.05, 0.1) is 22.1 Å². The van der Waals surface area contributed by atoms with E-state index >= 15 is 0 Å². The van der Waals surface area contributed by atoms with E-state index < -0.39 is 27.6 Å². The molecule has 2 atom stereocenters. The Labute approximate surface area is 241 Å². The highest BCUT2D eigenvalue weighted by Crippen LogP contribution is 2.57. The monoisotopic (exact) mass is 607 g/mol. The average molecular weight is 609 g/mol. The van der Waals surface area contributed by atoms with Crippen molar-refractivity contribution in [1.29, 1.82) is 0 Å². The molecule has 0 saturated heterocycles. The molecule has 1 aliphatic rings. The van der Waals surface area contributed by atoms with Crippen molar-refractivity contribution in [3.8, 4) is 11.5 Å². The molecule has 5 rings (SSSR count). The Balaban J connectivity index is 1.31. The Kier molecular flexibility index (Phi) is 7.81. The second kappa shape index (κ2) is 11.0. The number of halogens is 4. The molecule has 1 aliphatic carbocycles. The highest BCUT2D eigenvalue weighted by atomic mass is 35.5. The van der Waals surface area contributed by atoms with E-state index in [1.54, 1.807) is 43.3 Å². The molecular formula is C27H21Cl3FN3O4S. The first-order valence-electron chi connectivity index (χ1n) is 11.8. The van der Waals surface area contributed by atoms with E-state index in [0.29, 0.717) is 51.1 Å². The van der Waals surface area contributed by atoms with Crippen LogP contribution < -0.4 is 5.32 Å². The van der Waals surface area contributed by atoms with E-state index in [-0.39, 0.29) is 23.2 Å². The lowest BCUT2D eigenvalue weighted by Crippen LogP contribution is -2.16. The second-order valence-corrected chi connectivity index (χ2v) is 11.8. The number of nitrogens with one attached hydrogen (secondary N) is 1. The van der Waals surface area contributed by atoms with Crippen molar-refractivity contribution in [2.24, 2.45) is 0 Å². The highest BCUT2D eigenvalue weighted by Gasteiger charge is 2.52. The number of rotatable bonds is 8. The van der Waals surface area contributed by atoms with Gasteiger partial charge in [-0.3, -0.25) is 4.79 Å². The van der Waals surface area contributed by atoms with Crippen LogP contribution in [0.15, 0.2) is 59.1 Å². The van der Waals surface area contributed by atoms with Gasteiger partial charge in [-0.2, -0.15) is 4.98 Å². The van der Waals surface area contributed by atoms with Crippen molar-refractivity contribution in [1.82, 2.24) is 10.1 Å². The van der Waals surface area contributed by atoms with Gasteiger partial charge in [0.15, 0.2) is 16.9 Å². The molecular weight excluding hydrogens is 588 g/mol. The first-order chi connectivity index (χ1) is 18.6. The lowest BCUT2D eigenvalue weighted by Gasteiger charge is -2.17. The predicted molar refractivity (Wildman–Crippen MR) is 149 cm³/mol. The number of carbonyl (C=O) groups is 1. The molecule has 202 valence electrons. The van der Waals surface area contributed by atoms with Crippen molar-refractivity contribution in [3.05, 3.63) is 98.0 Å². The van der Waals surface area contributed by atoms with Gasteiger partial charge in [-0.1, -0.05) is 64.2 Å². The molecule has 7 nitrogen and oxygen atoms in total. The molecule has 12 heteroatoms. The minimum Gasteiger partial charge on any atom is -0.334 e. The fraction of sp³-hybridized carbons (Fsp3) is 0.222. The summed E-state index contributed by atoms with van der Waals surface area (Å²) in [4.78, 5) is 17.2. The lowest BCUT2D eigenvalue weighted by atomic mass is 9.94. The number of aromatic nitrogens is 2. The van der Waals surface area contributed by atoms with Gasteiger partial charge in [0.1, 0.15) is 5.82 Å². The van der Waals surface area contributed by atoms with Crippen LogP contribution in [0.25, 0.3) is 11.5 Å². The molecule has 1 heterocycles. The molecule has 2 unspecified atom stereocenters. The van der Waals surface area contributed by atoms with E-state index in [9.17, 15) is 17.9 Å². The number of hydrogen-bond donors (Lipinski definition) is 2. The van der Waals surface area contributed by atoms with Crippen LogP contribution in [-0.4, -0.2) is 24.8 Å². The van der Waals surface area contributed by atoms with Gasteiger partial charge in [0, 0.05) is 26.9 Å². The number of hydrogen-bond acceptors (Lipinski definition) is 5. The summed E-state index contributed by atoms with van der Waals surface area (Å²) < 4.78 is 39.5. The van der Waals surface area contributed by atoms with Crippen LogP contribution in [0.2, 0.25) is 15.1 Å². The number of nitrogens with zero attached hydrogens (tertiary/aromatic N) is 2. The summed E-state index contributed by atoms with van der Waals surface area (Å²) in [7, 11) is 0. The topological polar surface area (TPSA) is 105 Å². The van der Waals surface area contributed by atoms with E-state index in [1.165, 1.54) is 18.2 Å². The maximum atomic E-state index is 13.5. The first-order valence-corrected chi connectivity index (χ1v) is 14.2. The van der Waals surface area contributed by atoms with Gasteiger partial charge < -0.3 is 14.4 Å². The lowest BCUT2D eigenvalue weighted by molar-refractivity contribution is -0.115. The molecule has 0 bridgehead atoms.